The first-order valence-corrected chi connectivity index (χ1v) is 5.59. The Bertz CT molecular complexity index is 473. The quantitative estimate of drug-likeness (QED) is 0.837. The van der Waals surface area contributed by atoms with Crippen LogP contribution < -0.4 is 0 Å². The van der Waals surface area contributed by atoms with Crippen LogP contribution in [0.3, 0.4) is 0 Å². The fourth-order valence-corrected chi connectivity index (χ4v) is 2.19. The number of hydrogen-bond acceptors (Lipinski definition) is 3. The van der Waals surface area contributed by atoms with Crippen LogP contribution >= 0.6 is 0 Å². The summed E-state index contributed by atoms with van der Waals surface area (Å²) in [5.74, 6) is 1.71. The van der Waals surface area contributed by atoms with Crippen molar-refractivity contribution in [1.82, 2.24) is 9.55 Å². The van der Waals surface area contributed by atoms with Crippen LogP contribution in [-0.4, -0.2) is 14.7 Å². The molecule has 0 fully saturated rings. The molecule has 1 atom stereocenters. The summed E-state index contributed by atoms with van der Waals surface area (Å²) in [4.78, 5) is 4.46. The number of nitrogens with zero attached hydrogens (tertiary/aromatic N) is 2. The largest absolute Gasteiger partial charge is 0.469 e. The van der Waals surface area contributed by atoms with Gasteiger partial charge in [0.1, 0.15) is 17.7 Å². The summed E-state index contributed by atoms with van der Waals surface area (Å²) in [5, 5.41) is 9.79. The second-order valence-electron chi connectivity index (χ2n) is 4.20. The smallest absolute Gasteiger partial charge is 0.137 e. The maximum Gasteiger partial charge on any atom is 0.137 e. The maximum atomic E-state index is 9.79. The third-order valence-electron chi connectivity index (χ3n) is 2.97. The van der Waals surface area contributed by atoms with Gasteiger partial charge in [-0.25, -0.2) is 4.98 Å². The van der Waals surface area contributed by atoms with Crippen molar-refractivity contribution in [3.63, 3.8) is 0 Å². The summed E-state index contributed by atoms with van der Waals surface area (Å²) in [5.41, 5.74) is 0.964. The molecule has 2 aromatic heterocycles. The van der Waals surface area contributed by atoms with Gasteiger partial charge >= 0.3 is 0 Å². The number of fused-ring (bicyclic) bond motifs is 1. The van der Waals surface area contributed by atoms with Crippen molar-refractivity contribution in [2.45, 2.75) is 31.9 Å². The average Bonchev–Trinajstić information content (AvgIpc) is 2.88. The number of aryl methyl sites for hydroxylation is 1. The minimum Gasteiger partial charge on any atom is -0.469 e. The van der Waals surface area contributed by atoms with Gasteiger partial charge in [0.2, 0.25) is 0 Å². The van der Waals surface area contributed by atoms with Gasteiger partial charge in [0.05, 0.1) is 12.0 Å². The first kappa shape index (κ1) is 9.66. The summed E-state index contributed by atoms with van der Waals surface area (Å²) in [7, 11) is 0. The second-order valence-corrected chi connectivity index (χ2v) is 4.20. The normalized spacial score (nSPS) is 19.7. The molecule has 84 valence electrons. The van der Waals surface area contributed by atoms with Crippen molar-refractivity contribution in [3.8, 4) is 0 Å². The Morgan fingerprint density at radius 1 is 1.56 bits per heavy atom. The summed E-state index contributed by atoms with van der Waals surface area (Å²) < 4.78 is 7.33. The molecule has 0 radical (unpaired) electrons. The lowest BCUT2D eigenvalue weighted by molar-refractivity contribution is 0.133. The van der Waals surface area contributed by atoms with Gasteiger partial charge in [-0.1, -0.05) is 0 Å². The van der Waals surface area contributed by atoms with Crippen LogP contribution in [0.5, 0.6) is 0 Å². The number of aliphatic hydroxyl groups excluding tert-OH is 1. The van der Waals surface area contributed by atoms with Gasteiger partial charge in [0, 0.05) is 19.2 Å². The lowest BCUT2D eigenvalue weighted by atomic mass is 10.1. The monoisotopic (exact) mass is 218 g/mol. The fourth-order valence-electron chi connectivity index (χ4n) is 2.19. The maximum absolute atomic E-state index is 9.79. The van der Waals surface area contributed by atoms with Crippen molar-refractivity contribution in [1.29, 1.82) is 0 Å². The van der Waals surface area contributed by atoms with Crippen LogP contribution in [0.2, 0.25) is 0 Å². The van der Waals surface area contributed by atoms with Gasteiger partial charge in [-0.15, -0.1) is 0 Å². The lowest BCUT2D eigenvalue weighted by Crippen LogP contribution is -2.14. The van der Waals surface area contributed by atoms with Gasteiger partial charge in [0.25, 0.3) is 0 Å². The predicted molar refractivity (Wildman–Crippen MR) is 57.9 cm³/mol. The van der Waals surface area contributed by atoms with E-state index in [1.54, 1.807) is 6.26 Å². The van der Waals surface area contributed by atoms with Gasteiger partial charge in [-0.2, -0.15) is 0 Å². The summed E-state index contributed by atoms with van der Waals surface area (Å²) in [6, 6.07) is 3.81. The van der Waals surface area contributed by atoms with E-state index in [0.29, 0.717) is 6.42 Å². The van der Waals surface area contributed by atoms with E-state index in [1.165, 1.54) is 0 Å². The Labute approximate surface area is 93.5 Å². The highest BCUT2D eigenvalue weighted by Gasteiger charge is 2.20. The number of aliphatic hydroxyl groups is 1. The zero-order chi connectivity index (χ0) is 11.0. The number of hydrogen-bond donors (Lipinski definition) is 1. The van der Waals surface area contributed by atoms with E-state index in [2.05, 4.69) is 4.98 Å². The van der Waals surface area contributed by atoms with Crippen LogP contribution in [0.15, 0.2) is 29.0 Å². The molecule has 2 aromatic rings. The molecule has 0 bridgehead atoms. The molecule has 4 heteroatoms. The second kappa shape index (κ2) is 3.79. The minimum atomic E-state index is -0.404. The van der Waals surface area contributed by atoms with E-state index in [9.17, 15) is 5.11 Å². The Morgan fingerprint density at radius 2 is 2.50 bits per heavy atom. The molecule has 1 aliphatic heterocycles. The van der Waals surface area contributed by atoms with Crippen LogP contribution in [0, 0.1) is 0 Å². The van der Waals surface area contributed by atoms with Gasteiger partial charge in [-0.05, 0) is 25.0 Å². The molecule has 1 aliphatic rings. The van der Waals surface area contributed by atoms with E-state index in [4.69, 9.17) is 4.42 Å². The van der Waals surface area contributed by atoms with Crippen molar-refractivity contribution < 1.29 is 9.52 Å². The third kappa shape index (κ3) is 1.65. The first-order chi connectivity index (χ1) is 7.83. The van der Waals surface area contributed by atoms with E-state index < -0.39 is 6.10 Å². The summed E-state index contributed by atoms with van der Waals surface area (Å²) in [6.45, 7) is 0.956. The van der Waals surface area contributed by atoms with E-state index >= 15 is 0 Å². The highest BCUT2D eigenvalue weighted by molar-refractivity contribution is 5.14. The Hall–Kier alpha value is -1.55. The van der Waals surface area contributed by atoms with Crippen LogP contribution in [0.4, 0.5) is 0 Å². The molecule has 3 rings (SSSR count). The molecule has 1 N–H and O–H groups in total. The molecule has 0 aromatic carbocycles. The minimum absolute atomic E-state index is 0.404. The van der Waals surface area contributed by atoms with Crippen LogP contribution in [0.25, 0.3) is 0 Å². The van der Waals surface area contributed by atoms with Crippen molar-refractivity contribution >= 4 is 0 Å². The first-order valence-electron chi connectivity index (χ1n) is 5.59. The Kier molecular flexibility index (Phi) is 2.29. The molecule has 0 spiro atoms. The average molecular weight is 218 g/mol. The molecule has 3 heterocycles. The molecule has 1 unspecified atom stereocenters. The topological polar surface area (TPSA) is 51.2 Å². The van der Waals surface area contributed by atoms with Crippen LogP contribution in [0.1, 0.15) is 36.2 Å². The van der Waals surface area contributed by atoms with E-state index in [1.807, 2.05) is 22.9 Å². The van der Waals surface area contributed by atoms with E-state index in [-0.39, 0.29) is 0 Å². The highest BCUT2D eigenvalue weighted by Crippen LogP contribution is 2.24. The van der Waals surface area contributed by atoms with Crippen LogP contribution in [-0.2, 0) is 13.0 Å². The molecular formula is C12H14N2O2. The zero-order valence-electron chi connectivity index (χ0n) is 8.97. The molecule has 0 amide bonds. The number of imidazole rings is 1. The lowest BCUT2D eigenvalue weighted by Gasteiger charge is -2.18. The van der Waals surface area contributed by atoms with Gasteiger partial charge < -0.3 is 14.1 Å². The standard InChI is InChI=1S/C12H14N2O2/c15-11-4-1-5-14-8-9(13-12(11)14)7-10-3-2-6-16-10/h2-3,6,8,11,15H,1,4-5,7H2. The fraction of sp³-hybridized carbons (Fsp3) is 0.417. The zero-order valence-corrected chi connectivity index (χ0v) is 8.97. The number of furan rings is 1. The van der Waals surface area contributed by atoms with Gasteiger partial charge in [0.15, 0.2) is 0 Å². The highest BCUT2D eigenvalue weighted by atomic mass is 16.3. The SMILES string of the molecule is OC1CCCn2cc(Cc3ccco3)nc21. The van der Waals surface area contributed by atoms with Crippen molar-refractivity contribution in [2.24, 2.45) is 0 Å². The van der Waals surface area contributed by atoms with Crippen molar-refractivity contribution in [2.75, 3.05) is 0 Å². The number of rotatable bonds is 2. The van der Waals surface area contributed by atoms with E-state index in [0.717, 1.165) is 36.7 Å². The Morgan fingerprint density at radius 3 is 3.25 bits per heavy atom. The van der Waals surface area contributed by atoms with Crippen molar-refractivity contribution in [3.05, 3.63) is 41.9 Å². The molecular weight excluding hydrogens is 204 g/mol. The van der Waals surface area contributed by atoms with Gasteiger partial charge in [-0.3, -0.25) is 0 Å². The Balaban J connectivity index is 1.87. The summed E-state index contributed by atoms with van der Waals surface area (Å²) in [6.07, 6.45) is 5.81. The predicted octanol–water partition coefficient (Wildman–Crippen LogP) is 1.89. The molecule has 0 aliphatic carbocycles. The molecule has 4 nitrogen and oxygen atoms in total. The number of aromatic nitrogens is 2. The molecule has 0 saturated carbocycles. The third-order valence-corrected chi connectivity index (χ3v) is 2.97. The summed E-state index contributed by atoms with van der Waals surface area (Å²) >= 11 is 0. The molecule has 16 heavy (non-hydrogen) atoms. The molecule has 0 saturated heterocycles.